The van der Waals surface area contributed by atoms with Crippen molar-refractivity contribution in [1.29, 1.82) is 0 Å². The van der Waals surface area contributed by atoms with Crippen LogP contribution in [0.15, 0.2) is 58.1 Å². The summed E-state index contributed by atoms with van der Waals surface area (Å²) < 4.78 is 58.0. The van der Waals surface area contributed by atoms with Gasteiger partial charge in [0.15, 0.2) is 23.5 Å². The molecule has 1 fully saturated rings. The van der Waals surface area contributed by atoms with Crippen LogP contribution in [-0.2, 0) is 36.5 Å². The highest BCUT2D eigenvalue weighted by molar-refractivity contribution is 5.91. The monoisotopic (exact) mass is 629 g/mol. The number of benzene rings is 2. The van der Waals surface area contributed by atoms with Crippen LogP contribution in [0, 0.1) is 6.92 Å². The van der Waals surface area contributed by atoms with E-state index in [2.05, 4.69) is 15.3 Å². The number of halogens is 3. The minimum absolute atomic E-state index is 0.193. The van der Waals surface area contributed by atoms with Gasteiger partial charge in [0.25, 0.3) is 5.56 Å². The second-order valence-corrected chi connectivity index (χ2v) is 10.3. The number of nitrogens with zero attached hydrogens (tertiary/aromatic N) is 3. The first-order valence-corrected chi connectivity index (χ1v) is 13.5. The Morgan fingerprint density at radius 1 is 1.07 bits per heavy atom. The molecule has 0 spiro atoms. The number of fused-ring (bicyclic) bond motifs is 1. The molecule has 0 bridgehead atoms. The van der Waals surface area contributed by atoms with Crippen molar-refractivity contribution in [2.45, 2.75) is 58.5 Å². The number of aromatic amines is 1. The lowest BCUT2D eigenvalue weighted by Crippen LogP contribution is -2.34. The van der Waals surface area contributed by atoms with Gasteiger partial charge in [-0.3, -0.25) is 29.3 Å². The summed E-state index contributed by atoms with van der Waals surface area (Å²) in [4.78, 5) is 70.4. The average Bonchev–Trinajstić information content (AvgIpc) is 3.44. The van der Waals surface area contributed by atoms with Crippen molar-refractivity contribution in [2.75, 3.05) is 5.32 Å². The van der Waals surface area contributed by atoms with Crippen LogP contribution < -0.4 is 16.6 Å². The Morgan fingerprint density at radius 3 is 2.38 bits per heavy atom. The minimum atomic E-state index is -4.59. The lowest BCUT2D eigenvalue weighted by molar-refractivity contribution is -0.156. The topological polar surface area (TPSA) is 164 Å². The summed E-state index contributed by atoms with van der Waals surface area (Å²) in [5.41, 5.74) is -2.16. The maximum atomic E-state index is 14.0. The highest BCUT2D eigenvalue weighted by Gasteiger charge is 2.43. The fraction of sp³-hybridized carbons (Fsp3) is 0.310. The van der Waals surface area contributed by atoms with E-state index in [1.807, 2.05) is 0 Å². The number of aromatic nitrogens is 4. The van der Waals surface area contributed by atoms with Crippen LogP contribution in [0.1, 0.15) is 53.5 Å². The molecule has 0 radical (unpaired) electrons. The lowest BCUT2D eigenvalue weighted by Gasteiger charge is -2.19. The number of alkyl halides is 3. The number of aryl methyl sites for hydroxylation is 1. The lowest BCUT2D eigenvalue weighted by atomic mass is 10.1. The number of carbonyl (C=O) groups is 3. The van der Waals surface area contributed by atoms with Gasteiger partial charge in [0.1, 0.15) is 0 Å². The van der Waals surface area contributed by atoms with Gasteiger partial charge in [-0.1, -0.05) is 30.3 Å². The molecule has 3 atom stereocenters. The van der Waals surface area contributed by atoms with E-state index in [1.165, 1.54) is 0 Å². The molecule has 13 nitrogen and oxygen atoms in total. The van der Waals surface area contributed by atoms with Crippen LogP contribution in [0.25, 0.3) is 11.2 Å². The number of hydrogen-bond donors (Lipinski definition) is 2. The van der Waals surface area contributed by atoms with E-state index in [-0.39, 0.29) is 41.2 Å². The maximum absolute atomic E-state index is 14.0. The van der Waals surface area contributed by atoms with E-state index >= 15 is 0 Å². The molecule has 16 heteroatoms. The number of esters is 2. The molecular formula is C29H26F3N5O8. The van der Waals surface area contributed by atoms with Crippen LogP contribution in [0.5, 0.6) is 0 Å². The third kappa shape index (κ3) is 6.50. The second kappa shape index (κ2) is 12.0. The van der Waals surface area contributed by atoms with Gasteiger partial charge in [0, 0.05) is 13.8 Å². The fourth-order valence-electron chi connectivity index (χ4n) is 4.98. The molecule has 0 aliphatic carbocycles. The molecule has 2 N–H and O–H groups in total. The number of rotatable bonds is 7. The Labute approximate surface area is 251 Å². The van der Waals surface area contributed by atoms with Crippen LogP contribution in [0.3, 0.4) is 0 Å². The standard InChI is InChI=1S/C29H26F3N5O8/c1-14-6-4-5-7-19(14)26(41)45-21-12-20(43-16(3)39)25(44-21)37-23-22(24(40)35-27(34-23)33-15(2)38)36(28(37)42)13-17-8-10-18(11-9-17)29(30,31)32/h4-11,20-21,25H,12-13H2,1-3H3,(H2,33,34,35,38,40)/t20-,21+,25-/m1/s1. The SMILES string of the molecule is CC(=O)Nc1nc2c(c(=O)[nH]1)n(Cc1ccc(C(F)(F)F)cc1)c(=O)n2[C@@H]1O[C@@H](OC(=O)c2ccccc2C)C[C@H]1OC(C)=O. The van der Waals surface area contributed by atoms with Gasteiger partial charge >= 0.3 is 23.8 Å². The summed E-state index contributed by atoms with van der Waals surface area (Å²) in [6, 6.07) is 10.6. The molecular weight excluding hydrogens is 603 g/mol. The first-order valence-electron chi connectivity index (χ1n) is 13.5. The Bertz CT molecular complexity index is 1910. The average molecular weight is 630 g/mol. The van der Waals surface area contributed by atoms with Crippen LogP contribution >= 0.6 is 0 Å². The molecule has 5 rings (SSSR count). The highest BCUT2D eigenvalue weighted by atomic mass is 19.4. The molecule has 1 saturated heterocycles. The van der Waals surface area contributed by atoms with E-state index in [1.54, 1.807) is 31.2 Å². The third-order valence-electron chi connectivity index (χ3n) is 6.94. The van der Waals surface area contributed by atoms with Crippen molar-refractivity contribution in [2.24, 2.45) is 0 Å². The number of ether oxygens (including phenoxy) is 3. The summed E-state index contributed by atoms with van der Waals surface area (Å²) in [5.74, 6) is -2.38. The van der Waals surface area contributed by atoms with Gasteiger partial charge < -0.3 is 14.2 Å². The van der Waals surface area contributed by atoms with Gasteiger partial charge in [-0.25, -0.2) is 14.2 Å². The maximum Gasteiger partial charge on any atom is 0.416 e. The smallest absolute Gasteiger partial charge is 0.416 e. The third-order valence-corrected chi connectivity index (χ3v) is 6.94. The van der Waals surface area contributed by atoms with Gasteiger partial charge in [-0.05, 0) is 36.2 Å². The second-order valence-electron chi connectivity index (χ2n) is 10.3. The van der Waals surface area contributed by atoms with E-state index in [0.717, 1.165) is 47.2 Å². The summed E-state index contributed by atoms with van der Waals surface area (Å²) in [6.45, 7) is 3.63. The molecule has 0 unspecified atom stereocenters. The van der Waals surface area contributed by atoms with E-state index in [9.17, 15) is 37.1 Å². The van der Waals surface area contributed by atoms with E-state index < -0.39 is 59.5 Å². The highest BCUT2D eigenvalue weighted by Crippen LogP contribution is 2.34. The van der Waals surface area contributed by atoms with Crippen LogP contribution in [-0.4, -0.2) is 49.3 Å². The fourth-order valence-corrected chi connectivity index (χ4v) is 4.98. The first-order chi connectivity index (χ1) is 21.2. The zero-order valence-corrected chi connectivity index (χ0v) is 24.0. The minimum Gasteiger partial charge on any atom is -0.457 e. The molecule has 2 aromatic heterocycles. The quantitative estimate of drug-likeness (QED) is 0.292. The van der Waals surface area contributed by atoms with Crippen LogP contribution in [0.4, 0.5) is 19.1 Å². The summed E-state index contributed by atoms with van der Waals surface area (Å²) in [5, 5.41) is 2.32. The van der Waals surface area contributed by atoms with Crippen molar-refractivity contribution in [3.8, 4) is 0 Å². The number of nitrogens with one attached hydrogen (secondary N) is 2. The van der Waals surface area contributed by atoms with Crippen LogP contribution in [0.2, 0.25) is 0 Å². The number of imidazole rings is 1. The van der Waals surface area contributed by atoms with Crippen molar-refractivity contribution < 1.29 is 41.8 Å². The molecule has 0 saturated carbocycles. The number of hydrogen-bond acceptors (Lipinski definition) is 9. The van der Waals surface area contributed by atoms with Crippen molar-refractivity contribution in [3.63, 3.8) is 0 Å². The largest absolute Gasteiger partial charge is 0.457 e. The molecule has 2 aromatic carbocycles. The van der Waals surface area contributed by atoms with Gasteiger partial charge in [-0.2, -0.15) is 18.2 Å². The molecule has 236 valence electrons. The Morgan fingerprint density at radius 2 is 1.76 bits per heavy atom. The summed E-state index contributed by atoms with van der Waals surface area (Å²) in [7, 11) is 0. The Balaban J connectivity index is 1.59. The van der Waals surface area contributed by atoms with E-state index in [4.69, 9.17) is 14.2 Å². The Hall–Kier alpha value is -5.25. The van der Waals surface area contributed by atoms with E-state index in [0.29, 0.717) is 5.56 Å². The summed E-state index contributed by atoms with van der Waals surface area (Å²) >= 11 is 0. The van der Waals surface area contributed by atoms with Crippen molar-refractivity contribution in [1.82, 2.24) is 19.1 Å². The summed E-state index contributed by atoms with van der Waals surface area (Å²) in [6.07, 6.45) is -8.75. The molecule has 1 aliphatic heterocycles. The zero-order valence-electron chi connectivity index (χ0n) is 24.0. The molecule has 3 heterocycles. The zero-order chi connectivity index (χ0) is 32.6. The number of amides is 1. The predicted octanol–water partition coefficient (Wildman–Crippen LogP) is 3.25. The Kier molecular flexibility index (Phi) is 8.34. The number of H-pyrrole nitrogens is 1. The molecule has 1 amide bonds. The predicted molar refractivity (Wildman–Crippen MR) is 150 cm³/mol. The number of carbonyl (C=O) groups excluding carboxylic acids is 3. The van der Waals surface area contributed by atoms with Gasteiger partial charge in [-0.15, -0.1) is 0 Å². The molecule has 4 aromatic rings. The van der Waals surface area contributed by atoms with Crippen molar-refractivity contribution >= 4 is 35.0 Å². The van der Waals surface area contributed by atoms with Crippen molar-refractivity contribution in [3.05, 3.63) is 91.6 Å². The van der Waals surface area contributed by atoms with Gasteiger partial charge in [0.05, 0.1) is 24.1 Å². The normalized spacial score (nSPS) is 18.1. The molecule has 45 heavy (non-hydrogen) atoms. The molecule has 1 aliphatic rings. The number of anilines is 1. The van der Waals surface area contributed by atoms with Gasteiger partial charge in [0.2, 0.25) is 18.1 Å². The first kappa shape index (κ1) is 31.2.